The number of anilines is 1. The van der Waals surface area contributed by atoms with Gasteiger partial charge in [0.2, 0.25) is 0 Å². The van der Waals surface area contributed by atoms with Crippen LogP contribution in [0.15, 0.2) is 42.5 Å². The summed E-state index contributed by atoms with van der Waals surface area (Å²) in [6.45, 7) is 1.06. The molecule has 98 valence electrons. The summed E-state index contributed by atoms with van der Waals surface area (Å²) in [5.74, 6) is 0.135. The fraction of sp³-hybridized carbons (Fsp3) is 0.312. The lowest BCUT2D eigenvalue weighted by Gasteiger charge is -2.19. The molecule has 19 heavy (non-hydrogen) atoms. The van der Waals surface area contributed by atoms with Crippen LogP contribution in [0.2, 0.25) is 0 Å². The predicted octanol–water partition coefficient (Wildman–Crippen LogP) is 1.89. The second-order valence-corrected chi connectivity index (χ2v) is 5.14. The van der Waals surface area contributed by atoms with Crippen molar-refractivity contribution in [3.63, 3.8) is 0 Å². The summed E-state index contributed by atoms with van der Waals surface area (Å²) in [7, 11) is 0. The van der Waals surface area contributed by atoms with Gasteiger partial charge in [-0.1, -0.05) is 36.4 Å². The summed E-state index contributed by atoms with van der Waals surface area (Å²) in [6, 6.07) is 14.2. The van der Waals surface area contributed by atoms with Gasteiger partial charge in [-0.15, -0.1) is 0 Å². The number of hydrogen-bond donors (Lipinski definition) is 2. The highest BCUT2D eigenvalue weighted by atomic mass is 16.2. The van der Waals surface area contributed by atoms with Gasteiger partial charge in [0.25, 0.3) is 5.91 Å². The minimum absolute atomic E-state index is 0.0766. The van der Waals surface area contributed by atoms with Crippen LogP contribution in [0, 0.1) is 0 Å². The van der Waals surface area contributed by atoms with Crippen molar-refractivity contribution in [2.24, 2.45) is 0 Å². The van der Waals surface area contributed by atoms with Crippen molar-refractivity contribution >= 4 is 22.4 Å². The molecule has 0 aromatic heterocycles. The minimum Gasteiger partial charge on any atom is -0.336 e. The molecule has 1 saturated heterocycles. The van der Waals surface area contributed by atoms with Crippen molar-refractivity contribution in [1.82, 2.24) is 0 Å². The highest BCUT2D eigenvalue weighted by Crippen LogP contribution is 2.23. The molecule has 2 aromatic rings. The number of hydrogen-bond acceptors (Lipinski definition) is 1. The maximum absolute atomic E-state index is 12.3. The van der Waals surface area contributed by atoms with E-state index in [0.717, 1.165) is 35.8 Å². The van der Waals surface area contributed by atoms with Crippen molar-refractivity contribution in [1.29, 1.82) is 0 Å². The summed E-state index contributed by atoms with van der Waals surface area (Å²) in [6.07, 6.45) is 3.36. The Bertz CT molecular complexity index is 583. The second-order valence-electron chi connectivity index (χ2n) is 5.14. The van der Waals surface area contributed by atoms with Crippen LogP contribution in [0.4, 0.5) is 5.69 Å². The van der Waals surface area contributed by atoms with Crippen molar-refractivity contribution in [3.05, 3.63) is 42.5 Å². The smallest absolute Gasteiger partial charge is 0.282 e. The SMILES string of the molecule is O=C(Nc1cccc2ccccc12)[C@@H]1CCCC[NH2+]1. The Labute approximate surface area is 113 Å². The van der Waals surface area contributed by atoms with Gasteiger partial charge in [-0.2, -0.15) is 0 Å². The highest BCUT2D eigenvalue weighted by Gasteiger charge is 2.24. The molecule has 0 radical (unpaired) electrons. The molecule has 3 N–H and O–H groups in total. The lowest BCUT2D eigenvalue weighted by atomic mass is 10.0. The van der Waals surface area contributed by atoms with E-state index in [0.29, 0.717) is 0 Å². The Morgan fingerprint density at radius 3 is 2.79 bits per heavy atom. The molecule has 1 aliphatic rings. The van der Waals surface area contributed by atoms with Crippen LogP contribution in [0.5, 0.6) is 0 Å². The summed E-state index contributed by atoms with van der Waals surface area (Å²) in [5.41, 5.74) is 0.919. The third kappa shape index (κ3) is 2.61. The first-order valence-corrected chi connectivity index (χ1v) is 6.96. The van der Waals surface area contributed by atoms with Gasteiger partial charge in [-0.25, -0.2) is 0 Å². The molecule has 3 nitrogen and oxygen atoms in total. The van der Waals surface area contributed by atoms with Gasteiger partial charge in [0.1, 0.15) is 0 Å². The van der Waals surface area contributed by atoms with Crippen molar-refractivity contribution in [2.75, 3.05) is 11.9 Å². The Kier molecular flexibility index (Phi) is 3.47. The number of fused-ring (bicyclic) bond motifs is 1. The van der Waals surface area contributed by atoms with Gasteiger partial charge < -0.3 is 10.6 Å². The number of quaternary nitrogens is 1. The molecule has 3 rings (SSSR count). The number of nitrogens with one attached hydrogen (secondary N) is 1. The maximum Gasteiger partial charge on any atom is 0.282 e. The molecule has 0 bridgehead atoms. The molecule has 2 aromatic carbocycles. The zero-order valence-corrected chi connectivity index (χ0v) is 10.9. The minimum atomic E-state index is 0.0766. The van der Waals surface area contributed by atoms with Crippen LogP contribution in [0.1, 0.15) is 19.3 Å². The number of amides is 1. The van der Waals surface area contributed by atoms with Crippen LogP contribution < -0.4 is 10.6 Å². The van der Waals surface area contributed by atoms with E-state index in [2.05, 4.69) is 28.8 Å². The van der Waals surface area contributed by atoms with E-state index in [-0.39, 0.29) is 11.9 Å². The second kappa shape index (κ2) is 5.41. The Morgan fingerprint density at radius 1 is 1.11 bits per heavy atom. The van der Waals surface area contributed by atoms with Gasteiger partial charge in [0, 0.05) is 17.5 Å². The molecule has 1 aliphatic heterocycles. The quantitative estimate of drug-likeness (QED) is 0.846. The average molecular weight is 255 g/mol. The largest absolute Gasteiger partial charge is 0.336 e. The number of rotatable bonds is 2. The van der Waals surface area contributed by atoms with Crippen LogP contribution in [-0.2, 0) is 4.79 Å². The number of nitrogens with two attached hydrogens (primary N) is 1. The molecule has 1 atom stereocenters. The Balaban J connectivity index is 1.82. The molecule has 0 spiro atoms. The van der Waals surface area contributed by atoms with Crippen molar-refractivity contribution < 1.29 is 10.1 Å². The molecular weight excluding hydrogens is 236 g/mol. The number of carbonyl (C=O) groups excluding carboxylic acids is 1. The van der Waals surface area contributed by atoms with E-state index in [1.54, 1.807) is 0 Å². The fourth-order valence-corrected chi connectivity index (χ4v) is 2.74. The molecule has 1 amide bonds. The standard InChI is InChI=1S/C16H18N2O/c19-16(15-9-3-4-11-17-15)18-14-10-5-7-12-6-1-2-8-13(12)14/h1-2,5-8,10,15,17H,3-4,9,11H2,(H,18,19)/p+1/t15-/m0/s1. The van der Waals surface area contributed by atoms with Crippen LogP contribution >= 0.6 is 0 Å². The lowest BCUT2D eigenvalue weighted by molar-refractivity contribution is -0.684. The zero-order valence-electron chi connectivity index (χ0n) is 10.9. The summed E-state index contributed by atoms with van der Waals surface area (Å²) < 4.78 is 0. The van der Waals surface area contributed by atoms with E-state index in [4.69, 9.17) is 0 Å². The van der Waals surface area contributed by atoms with Crippen molar-refractivity contribution in [3.8, 4) is 0 Å². The molecule has 0 saturated carbocycles. The Hall–Kier alpha value is -1.87. The van der Waals surface area contributed by atoms with Gasteiger partial charge >= 0.3 is 0 Å². The molecular formula is C16H19N2O+. The molecule has 3 heteroatoms. The first-order valence-electron chi connectivity index (χ1n) is 6.96. The third-order valence-electron chi connectivity index (χ3n) is 3.80. The topological polar surface area (TPSA) is 45.7 Å². The van der Waals surface area contributed by atoms with Gasteiger partial charge in [-0.05, 0) is 24.3 Å². The maximum atomic E-state index is 12.3. The molecule has 1 heterocycles. The van der Waals surface area contributed by atoms with Crippen LogP contribution in [0.25, 0.3) is 10.8 Å². The Morgan fingerprint density at radius 2 is 1.95 bits per heavy atom. The summed E-state index contributed by atoms with van der Waals surface area (Å²) in [4.78, 5) is 12.3. The van der Waals surface area contributed by atoms with Gasteiger partial charge in [-0.3, -0.25) is 4.79 Å². The van der Waals surface area contributed by atoms with Crippen LogP contribution in [-0.4, -0.2) is 18.5 Å². The average Bonchev–Trinajstić information content (AvgIpc) is 2.48. The monoisotopic (exact) mass is 255 g/mol. The number of carbonyl (C=O) groups is 1. The van der Waals surface area contributed by atoms with E-state index in [9.17, 15) is 4.79 Å². The van der Waals surface area contributed by atoms with E-state index >= 15 is 0 Å². The number of benzene rings is 2. The zero-order chi connectivity index (χ0) is 13.1. The predicted molar refractivity (Wildman–Crippen MR) is 77.0 cm³/mol. The van der Waals surface area contributed by atoms with Crippen LogP contribution in [0.3, 0.4) is 0 Å². The normalized spacial score (nSPS) is 19.3. The van der Waals surface area contributed by atoms with Gasteiger partial charge in [0.15, 0.2) is 6.04 Å². The molecule has 0 unspecified atom stereocenters. The first-order chi connectivity index (χ1) is 9.34. The summed E-state index contributed by atoms with van der Waals surface area (Å²) in [5, 5.41) is 7.51. The third-order valence-corrected chi connectivity index (χ3v) is 3.80. The first kappa shape index (κ1) is 12.2. The van der Waals surface area contributed by atoms with Gasteiger partial charge in [0.05, 0.1) is 6.54 Å². The fourth-order valence-electron chi connectivity index (χ4n) is 2.74. The number of piperidine rings is 1. The van der Waals surface area contributed by atoms with E-state index in [1.165, 1.54) is 6.42 Å². The summed E-state index contributed by atoms with van der Waals surface area (Å²) >= 11 is 0. The van der Waals surface area contributed by atoms with E-state index < -0.39 is 0 Å². The van der Waals surface area contributed by atoms with Crippen molar-refractivity contribution in [2.45, 2.75) is 25.3 Å². The molecule has 1 fully saturated rings. The van der Waals surface area contributed by atoms with E-state index in [1.807, 2.05) is 24.3 Å². The highest BCUT2D eigenvalue weighted by molar-refractivity contribution is 6.03. The lowest BCUT2D eigenvalue weighted by Crippen LogP contribution is -2.93. The molecule has 0 aliphatic carbocycles.